The number of aromatic nitrogens is 4. The highest BCUT2D eigenvalue weighted by Gasteiger charge is 2.44. The average molecular weight is 1130 g/mol. The molecule has 0 radical (unpaired) electrons. The van der Waals surface area contributed by atoms with Gasteiger partial charge in [0.2, 0.25) is 0 Å². The molecule has 3 aromatic heterocycles. The quantitative estimate of drug-likeness (QED) is 0.0543. The van der Waals surface area contributed by atoms with Gasteiger partial charge >= 0.3 is 12.4 Å². The number of nitrogens with one attached hydrogen (secondary N) is 1. The van der Waals surface area contributed by atoms with E-state index in [2.05, 4.69) is 60.4 Å². The SMILES string of the molecule is CCN(C(C)C)C(C)C.CN(C)/C=C(\C(=O)C(F)(F)F)c1onc(-c2c(F)cccc2Cl)c1C#N.N#Cc1c(-c2c(F)cccc2Cl)noc1-c1cnn(-c2cccc(Cl)c2)c1C(F)(F)F.NNc1cccc(Cl)c1. The molecule has 396 valence electrons. The van der Waals surface area contributed by atoms with Crippen LogP contribution in [0.2, 0.25) is 20.1 Å². The first kappa shape index (κ1) is 60.6. The highest BCUT2D eigenvalue weighted by Crippen LogP contribution is 2.43. The van der Waals surface area contributed by atoms with Crippen LogP contribution in [0, 0.1) is 34.3 Å². The number of nitriles is 2. The molecule has 3 N–H and O–H groups in total. The van der Waals surface area contributed by atoms with Crippen molar-refractivity contribution in [3.05, 3.63) is 152 Å². The van der Waals surface area contributed by atoms with Gasteiger partial charge in [-0.25, -0.2) is 13.5 Å². The molecule has 0 aliphatic carbocycles. The molecule has 0 aliphatic rings. The predicted octanol–water partition coefficient (Wildman–Crippen LogP) is 14.3. The van der Waals surface area contributed by atoms with Crippen LogP contribution in [0.4, 0.5) is 40.8 Å². The Morgan fingerprint density at radius 2 is 1.29 bits per heavy atom. The van der Waals surface area contributed by atoms with Gasteiger partial charge in [0.05, 0.1) is 44.2 Å². The molecule has 7 aromatic rings. The van der Waals surface area contributed by atoms with Crippen molar-refractivity contribution in [3.8, 4) is 51.7 Å². The number of nitrogen functional groups attached to an aromatic ring is 1. The lowest BCUT2D eigenvalue weighted by Crippen LogP contribution is -2.36. The fourth-order valence-electron chi connectivity index (χ4n) is 7.07. The van der Waals surface area contributed by atoms with E-state index in [0.29, 0.717) is 21.8 Å². The zero-order valence-corrected chi connectivity index (χ0v) is 43.5. The van der Waals surface area contributed by atoms with Crippen molar-refractivity contribution >= 4 is 63.4 Å². The lowest BCUT2D eigenvalue weighted by Gasteiger charge is -2.28. The summed E-state index contributed by atoms with van der Waals surface area (Å²) in [5.74, 6) is -0.0252. The summed E-state index contributed by atoms with van der Waals surface area (Å²) in [6.07, 6.45) is -8.37. The van der Waals surface area contributed by atoms with E-state index < -0.39 is 74.9 Å². The number of hydrogen-bond donors (Lipinski definition) is 2. The lowest BCUT2D eigenvalue weighted by molar-refractivity contribution is -0.164. The first-order valence-electron chi connectivity index (χ1n) is 21.8. The van der Waals surface area contributed by atoms with Crippen LogP contribution in [-0.4, -0.2) is 74.6 Å². The molecule has 0 atom stereocenters. The van der Waals surface area contributed by atoms with Gasteiger partial charge in [-0.15, -0.1) is 0 Å². The molecule has 0 saturated carbocycles. The van der Waals surface area contributed by atoms with Crippen LogP contribution in [-0.2, 0) is 11.0 Å². The van der Waals surface area contributed by atoms with Gasteiger partial charge in [0.25, 0.3) is 5.78 Å². The van der Waals surface area contributed by atoms with E-state index in [9.17, 15) is 50.4 Å². The molecule has 0 amide bonds. The van der Waals surface area contributed by atoms with Crippen molar-refractivity contribution < 1.29 is 49.0 Å². The Morgan fingerprint density at radius 1 is 0.787 bits per heavy atom. The Morgan fingerprint density at radius 3 is 1.71 bits per heavy atom. The number of halogens is 12. The number of anilines is 1. The molecular formula is C50H44Cl4F8N10O3. The Labute approximate surface area is 445 Å². The number of nitrogens with zero attached hydrogens (tertiary/aromatic N) is 8. The van der Waals surface area contributed by atoms with Crippen LogP contribution in [0.25, 0.3) is 45.1 Å². The fourth-order valence-corrected chi connectivity index (χ4v) is 7.95. The Kier molecular flexibility index (Phi) is 21.4. The summed E-state index contributed by atoms with van der Waals surface area (Å²) in [6, 6.07) is 25.0. The first-order chi connectivity index (χ1) is 35.2. The van der Waals surface area contributed by atoms with Gasteiger partial charge in [0.15, 0.2) is 17.2 Å². The van der Waals surface area contributed by atoms with Crippen molar-refractivity contribution in [2.75, 3.05) is 26.1 Å². The third kappa shape index (κ3) is 15.3. The van der Waals surface area contributed by atoms with Crippen LogP contribution in [0.15, 0.2) is 106 Å². The third-order valence-corrected chi connectivity index (χ3v) is 11.3. The Hall–Kier alpha value is -6.98. The number of ketones is 1. The molecule has 3 heterocycles. The molecule has 4 aromatic carbocycles. The number of rotatable bonds is 11. The molecule has 0 aliphatic heterocycles. The number of hydrogen-bond acceptors (Lipinski definition) is 12. The van der Waals surface area contributed by atoms with Gasteiger partial charge in [0, 0.05) is 48.1 Å². The highest BCUT2D eigenvalue weighted by atomic mass is 35.5. The summed E-state index contributed by atoms with van der Waals surface area (Å²) < 4.78 is 120. The summed E-state index contributed by atoms with van der Waals surface area (Å²) >= 11 is 23.4. The second-order valence-corrected chi connectivity index (χ2v) is 17.9. The van der Waals surface area contributed by atoms with Crippen molar-refractivity contribution in [1.82, 2.24) is 29.9 Å². The van der Waals surface area contributed by atoms with Crippen LogP contribution in [0.5, 0.6) is 0 Å². The molecule has 75 heavy (non-hydrogen) atoms. The van der Waals surface area contributed by atoms with Crippen LogP contribution >= 0.6 is 46.4 Å². The zero-order chi connectivity index (χ0) is 56.1. The minimum Gasteiger partial charge on any atom is -0.383 e. The van der Waals surface area contributed by atoms with E-state index in [1.54, 1.807) is 24.3 Å². The number of carbonyl (C=O) groups excluding carboxylic acids is 1. The topological polar surface area (TPSA) is 179 Å². The van der Waals surface area contributed by atoms with Gasteiger partial charge in [-0.05, 0) is 94.9 Å². The number of Topliss-reactive ketones (excluding diaryl/α,β-unsaturated/α-hetero) is 1. The van der Waals surface area contributed by atoms with Gasteiger partial charge in [0.1, 0.15) is 46.3 Å². The average Bonchev–Trinajstić information content (AvgIpc) is 4.08. The fraction of sp³-hybridized carbons (Fsp3) is 0.240. The minimum absolute atomic E-state index is 0.0430. The lowest BCUT2D eigenvalue weighted by atomic mass is 10.0. The maximum atomic E-state index is 14.3. The standard InChI is InChI=1S/C20H8Cl2F4N4O.C16H10ClF4N3O2.C8H19N.C6H7ClN2/c21-10-3-1-4-11(7-10)30-19(20(24,25)26)13(9-28-30)18-12(8-27)17(29-31-18)16-14(22)5-2-6-15(16)23;1-24(2)7-9(15(25)16(19,20)21)14-8(6-22)13(23-26-14)12-10(17)4-3-5-11(12)18;1-6-9(7(2)3)8(4)5;7-5-2-1-3-6(4-5)9-8/h1-7,9H;3-5,7H,1-2H3;7-8H,6H2,1-5H3;1-4,9H,8H2/b;9-7-;;. The van der Waals surface area contributed by atoms with Crippen molar-refractivity contribution in [2.24, 2.45) is 5.84 Å². The maximum Gasteiger partial charge on any atom is 0.455 e. The molecule has 25 heteroatoms. The Balaban J connectivity index is 0.000000247. The first-order valence-corrected chi connectivity index (χ1v) is 23.3. The van der Waals surface area contributed by atoms with E-state index in [-0.39, 0.29) is 37.6 Å². The second-order valence-electron chi connectivity index (χ2n) is 16.2. The summed E-state index contributed by atoms with van der Waals surface area (Å²) in [4.78, 5) is 15.4. The van der Waals surface area contributed by atoms with E-state index in [1.807, 2.05) is 12.1 Å². The highest BCUT2D eigenvalue weighted by molar-refractivity contribution is 6.34. The van der Waals surface area contributed by atoms with Crippen LogP contribution in [0.1, 0.15) is 57.2 Å². The molecule has 13 nitrogen and oxygen atoms in total. The summed E-state index contributed by atoms with van der Waals surface area (Å²) in [7, 11) is 2.75. The van der Waals surface area contributed by atoms with Crippen LogP contribution < -0.4 is 11.3 Å². The van der Waals surface area contributed by atoms with Gasteiger partial charge in [-0.1, -0.05) is 87.9 Å². The molecule has 0 spiro atoms. The van der Waals surface area contributed by atoms with E-state index in [0.717, 1.165) is 36.8 Å². The number of alkyl halides is 6. The molecule has 0 fully saturated rings. The van der Waals surface area contributed by atoms with Crippen LogP contribution in [0.3, 0.4) is 0 Å². The zero-order valence-electron chi connectivity index (χ0n) is 40.5. The largest absolute Gasteiger partial charge is 0.455 e. The minimum atomic E-state index is -5.21. The van der Waals surface area contributed by atoms with Gasteiger partial charge < -0.3 is 19.4 Å². The van der Waals surface area contributed by atoms with Crippen molar-refractivity contribution in [2.45, 2.75) is 59.1 Å². The molecule has 0 bridgehead atoms. The number of allylic oxidation sites excluding steroid dienone is 1. The number of benzene rings is 4. The molecule has 0 unspecified atom stereocenters. The smallest absolute Gasteiger partial charge is 0.383 e. The second kappa shape index (κ2) is 26.5. The van der Waals surface area contributed by atoms with Crippen molar-refractivity contribution in [3.63, 3.8) is 0 Å². The normalized spacial score (nSPS) is 11.5. The molecule has 7 rings (SSSR count). The van der Waals surface area contributed by atoms with Gasteiger partial charge in [-0.2, -0.15) is 42.0 Å². The van der Waals surface area contributed by atoms with Gasteiger partial charge in [-0.3, -0.25) is 15.5 Å². The summed E-state index contributed by atoms with van der Waals surface area (Å²) in [6.45, 7) is 12.3. The predicted molar refractivity (Wildman–Crippen MR) is 270 cm³/mol. The monoisotopic (exact) mass is 1120 g/mol. The number of carbonyl (C=O) groups is 1. The summed E-state index contributed by atoms with van der Waals surface area (Å²) in [5, 5.41) is 30.5. The maximum absolute atomic E-state index is 14.3. The third-order valence-electron chi connectivity index (χ3n) is 10.2. The summed E-state index contributed by atoms with van der Waals surface area (Å²) in [5.41, 5.74) is -1.59. The van der Waals surface area contributed by atoms with Crippen molar-refractivity contribution in [1.29, 1.82) is 10.5 Å². The molecular weight excluding hydrogens is 1080 g/mol. The number of hydrazine groups is 1. The van der Waals surface area contributed by atoms with E-state index >= 15 is 0 Å². The van der Waals surface area contributed by atoms with E-state index in [4.69, 9.17) is 61.3 Å². The number of nitrogens with two attached hydrogens (primary N) is 1. The molecule has 0 saturated heterocycles. The Bertz CT molecular complexity index is 3160. The van der Waals surface area contributed by atoms with E-state index in [1.165, 1.54) is 67.5 Å².